The van der Waals surface area contributed by atoms with Crippen LogP contribution >= 0.6 is 0 Å². The van der Waals surface area contributed by atoms with Crippen LogP contribution in [-0.2, 0) is 0 Å². The Hall–Kier alpha value is -0.0800. The molecule has 1 aliphatic rings. The predicted molar refractivity (Wildman–Crippen MR) is 44.1 cm³/mol. The first-order valence-electron chi connectivity index (χ1n) is 4.35. The molecule has 0 amide bonds. The molecule has 0 aliphatic carbocycles. The van der Waals surface area contributed by atoms with Crippen molar-refractivity contribution in [3.05, 3.63) is 0 Å². The average Bonchev–Trinajstić information content (AvgIpc) is 2.03. The Bertz CT molecular complexity index is 77.3. The highest BCUT2D eigenvalue weighted by Crippen LogP contribution is 2.07. The molecule has 1 fully saturated rings. The summed E-state index contributed by atoms with van der Waals surface area (Å²) in [6.45, 7) is 6.91. The van der Waals surface area contributed by atoms with Gasteiger partial charge in [-0.25, -0.2) is 0 Å². The molecule has 1 atom stereocenters. The number of rotatable bonds is 3. The summed E-state index contributed by atoms with van der Waals surface area (Å²) in [5.74, 6) is 0.883. The van der Waals surface area contributed by atoms with Gasteiger partial charge < -0.3 is 10.6 Å². The largest absolute Gasteiger partial charge is 0.317 e. The van der Waals surface area contributed by atoms with Gasteiger partial charge in [0, 0.05) is 0 Å². The summed E-state index contributed by atoms with van der Waals surface area (Å²) in [5.41, 5.74) is 0. The second-order valence-electron chi connectivity index (χ2n) is 3.02. The molecular weight excluding hydrogens is 124 g/mol. The van der Waals surface area contributed by atoms with Gasteiger partial charge in [-0.05, 0) is 44.9 Å². The topological polar surface area (TPSA) is 24.1 Å². The minimum Gasteiger partial charge on any atom is -0.317 e. The Kier molecular flexibility index (Phi) is 3.76. The van der Waals surface area contributed by atoms with Crippen LogP contribution in [0.25, 0.3) is 0 Å². The van der Waals surface area contributed by atoms with Crippen LogP contribution in [0.2, 0.25) is 0 Å². The monoisotopic (exact) mass is 142 g/mol. The maximum atomic E-state index is 3.40. The molecule has 2 N–H and O–H groups in total. The summed E-state index contributed by atoms with van der Waals surface area (Å²) in [6, 6.07) is 0. The van der Waals surface area contributed by atoms with Crippen molar-refractivity contribution in [3.8, 4) is 0 Å². The van der Waals surface area contributed by atoms with Crippen LogP contribution in [-0.4, -0.2) is 26.2 Å². The maximum Gasteiger partial charge on any atom is -0.000837 e. The molecule has 0 spiro atoms. The van der Waals surface area contributed by atoms with E-state index >= 15 is 0 Å². The lowest BCUT2D eigenvalue weighted by Gasteiger charge is -2.22. The third kappa shape index (κ3) is 2.67. The second kappa shape index (κ2) is 4.69. The Balaban J connectivity index is 2.02. The van der Waals surface area contributed by atoms with E-state index in [0.29, 0.717) is 0 Å². The summed E-state index contributed by atoms with van der Waals surface area (Å²) in [6.07, 6.45) is 2.76. The van der Waals surface area contributed by atoms with Crippen LogP contribution in [0.1, 0.15) is 19.8 Å². The molecule has 1 aliphatic heterocycles. The fraction of sp³-hybridized carbons (Fsp3) is 1.00. The highest BCUT2D eigenvalue weighted by atomic mass is 14.9. The molecule has 1 rings (SSSR count). The third-order valence-electron chi connectivity index (χ3n) is 2.08. The molecule has 0 aromatic heterocycles. The molecule has 0 radical (unpaired) electrons. The zero-order chi connectivity index (χ0) is 7.23. The molecule has 0 saturated carbocycles. The van der Waals surface area contributed by atoms with Gasteiger partial charge in [0.15, 0.2) is 0 Å². The SMILES string of the molecule is CCNCC1CCCNC1. The van der Waals surface area contributed by atoms with Gasteiger partial charge in [-0.1, -0.05) is 6.92 Å². The molecule has 1 unspecified atom stereocenters. The van der Waals surface area contributed by atoms with Gasteiger partial charge >= 0.3 is 0 Å². The molecule has 2 heteroatoms. The standard InChI is InChI=1S/C8H18N2/c1-2-9-6-8-4-3-5-10-7-8/h8-10H,2-7H2,1H3. The van der Waals surface area contributed by atoms with Crippen LogP contribution < -0.4 is 10.6 Å². The fourth-order valence-electron chi connectivity index (χ4n) is 1.45. The number of nitrogens with one attached hydrogen (secondary N) is 2. The summed E-state index contributed by atoms with van der Waals surface area (Å²) in [7, 11) is 0. The van der Waals surface area contributed by atoms with Crippen molar-refractivity contribution in [3.63, 3.8) is 0 Å². The minimum absolute atomic E-state index is 0.883. The molecule has 60 valence electrons. The minimum atomic E-state index is 0.883. The second-order valence-corrected chi connectivity index (χ2v) is 3.02. The fourth-order valence-corrected chi connectivity index (χ4v) is 1.45. The Morgan fingerprint density at radius 1 is 1.60 bits per heavy atom. The maximum absolute atomic E-state index is 3.40. The zero-order valence-corrected chi connectivity index (χ0v) is 6.82. The van der Waals surface area contributed by atoms with E-state index in [9.17, 15) is 0 Å². The van der Waals surface area contributed by atoms with Crippen molar-refractivity contribution in [1.29, 1.82) is 0 Å². The highest BCUT2D eigenvalue weighted by molar-refractivity contribution is 4.70. The molecule has 0 aromatic carbocycles. The first-order valence-corrected chi connectivity index (χ1v) is 4.35. The summed E-state index contributed by atoms with van der Waals surface area (Å²) in [5, 5.41) is 6.78. The summed E-state index contributed by atoms with van der Waals surface area (Å²) >= 11 is 0. The van der Waals surface area contributed by atoms with E-state index in [1.807, 2.05) is 0 Å². The van der Waals surface area contributed by atoms with E-state index < -0.39 is 0 Å². The lowest BCUT2D eigenvalue weighted by molar-refractivity contribution is 0.363. The lowest BCUT2D eigenvalue weighted by Crippen LogP contribution is -2.35. The van der Waals surface area contributed by atoms with Gasteiger partial charge in [0.05, 0.1) is 0 Å². The van der Waals surface area contributed by atoms with Crippen molar-refractivity contribution >= 4 is 0 Å². The van der Waals surface area contributed by atoms with Crippen molar-refractivity contribution < 1.29 is 0 Å². The van der Waals surface area contributed by atoms with E-state index in [0.717, 1.165) is 12.5 Å². The van der Waals surface area contributed by atoms with Crippen molar-refractivity contribution in [2.45, 2.75) is 19.8 Å². The van der Waals surface area contributed by atoms with Gasteiger partial charge in [0.25, 0.3) is 0 Å². The first kappa shape index (κ1) is 8.02. The lowest BCUT2D eigenvalue weighted by atomic mass is 10.00. The Morgan fingerprint density at radius 2 is 2.50 bits per heavy atom. The summed E-state index contributed by atoms with van der Waals surface area (Å²) < 4.78 is 0. The molecule has 1 heterocycles. The van der Waals surface area contributed by atoms with E-state index in [-0.39, 0.29) is 0 Å². The molecule has 2 nitrogen and oxygen atoms in total. The molecule has 0 bridgehead atoms. The van der Waals surface area contributed by atoms with Gasteiger partial charge in [-0.15, -0.1) is 0 Å². The molecule has 10 heavy (non-hydrogen) atoms. The van der Waals surface area contributed by atoms with Crippen LogP contribution in [0.15, 0.2) is 0 Å². The van der Waals surface area contributed by atoms with Gasteiger partial charge in [-0.3, -0.25) is 0 Å². The van der Waals surface area contributed by atoms with Crippen LogP contribution in [0.3, 0.4) is 0 Å². The van der Waals surface area contributed by atoms with Crippen molar-refractivity contribution in [2.24, 2.45) is 5.92 Å². The molecule has 1 saturated heterocycles. The van der Waals surface area contributed by atoms with Crippen LogP contribution in [0.4, 0.5) is 0 Å². The van der Waals surface area contributed by atoms with Crippen molar-refractivity contribution in [2.75, 3.05) is 26.2 Å². The van der Waals surface area contributed by atoms with Gasteiger partial charge in [0.1, 0.15) is 0 Å². The normalized spacial score (nSPS) is 26.7. The quantitative estimate of drug-likeness (QED) is 0.603. The summed E-state index contributed by atoms with van der Waals surface area (Å²) in [4.78, 5) is 0. The number of hydrogen-bond donors (Lipinski definition) is 2. The Labute approximate surface area is 63.4 Å². The Morgan fingerprint density at radius 3 is 3.10 bits per heavy atom. The van der Waals surface area contributed by atoms with E-state index in [4.69, 9.17) is 0 Å². The smallest absolute Gasteiger partial charge is 0.000837 e. The van der Waals surface area contributed by atoms with E-state index in [1.165, 1.54) is 32.5 Å². The van der Waals surface area contributed by atoms with E-state index in [1.54, 1.807) is 0 Å². The van der Waals surface area contributed by atoms with Crippen LogP contribution in [0.5, 0.6) is 0 Å². The van der Waals surface area contributed by atoms with E-state index in [2.05, 4.69) is 17.6 Å². The van der Waals surface area contributed by atoms with Crippen LogP contribution in [0, 0.1) is 5.92 Å². The number of piperidine rings is 1. The van der Waals surface area contributed by atoms with Gasteiger partial charge in [-0.2, -0.15) is 0 Å². The first-order chi connectivity index (χ1) is 4.93. The number of hydrogen-bond acceptors (Lipinski definition) is 2. The third-order valence-corrected chi connectivity index (χ3v) is 2.08. The average molecular weight is 142 g/mol. The molecule has 0 aromatic rings. The van der Waals surface area contributed by atoms with Crippen molar-refractivity contribution in [1.82, 2.24) is 10.6 Å². The highest BCUT2D eigenvalue weighted by Gasteiger charge is 2.10. The van der Waals surface area contributed by atoms with Gasteiger partial charge in [0.2, 0.25) is 0 Å². The zero-order valence-electron chi connectivity index (χ0n) is 6.82. The predicted octanol–water partition coefficient (Wildman–Crippen LogP) is 0.595. The molecular formula is C8H18N2.